The Balaban J connectivity index is 0.00000147. The summed E-state index contributed by atoms with van der Waals surface area (Å²) in [4.78, 5) is 8.47. The Morgan fingerprint density at radius 1 is 1.20 bits per heavy atom. The second-order valence-corrected chi connectivity index (χ2v) is 5.00. The van der Waals surface area contributed by atoms with Crippen molar-refractivity contribution in [3.8, 4) is 11.4 Å². The van der Waals surface area contributed by atoms with Crippen LogP contribution in [0.15, 0.2) is 29.0 Å². The number of hydrogen-bond acceptors (Lipinski definition) is 5. The van der Waals surface area contributed by atoms with Crippen molar-refractivity contribution in [2.75, 3.05) is 13.1 Å². The van der Waals surface area contributed by atoms with Crippen LogP contribution in [0.25, 0.3) is 11.4 Å². The van der Waals surface area contributed by atoms with Gasteiger partial charge in [0.2, 0.25) is 11.7 Å². The van der Waals surface area contributed by atoms with Crippen LogP contribution in [0.1, 0.15) is 25.2 Å². The van der Waals surface area contributed by atoms with E-state index >= 15 is 0 Å². The van der Waals surface area contributed by atoms with E-state index in [-0.39, 0.29) is 12.4 Å². The highest BCUT2D eigenvalue weighted by Crippen LogP contribution is 2.20. The van der Waals surface area contributed by atoms with Crippen LogP contribution in [0, 0.1) is 5.92 Å². The van der Waals surface area contributed by atoms with Gasteiger partial charge in [-0.1, -0.05) is 5.16 Å². The van der Waals surface area contributed by atoms with E-state index in [0.717, 1.165) is 31.0 Å². The minimum atomic E-state index is 0. The van der Waals surface area contributed by atoms with Gasteiger partial charge < -0.3 is 9.84 Å². The molecule has 1 unspecified atom stereocenters. The van der Waals surface area contributed by atoms with E-state index in [0.29, 0.717) is 11.7 Å². The molecule has 0 aliphatic carbocycles. The van der Waals surface area contributed by atoms with Gasteiger partial charge in [0.25, 0.3) is 0 Å². The Morgan fingerprint density at radius 3 is 2.90 bits per heavy atom. The summed E-state index contributed by atoms with van der Waals surface area (Å²) < 4.78 is 5.36. The van der Waals surface area contributed by atoms with Crippen LogP contribution in [0.3, 0.4) is 0 Å². The summed E-state index contributed by atoms with van der Waals surface area (Å²) in [7, 11) is 0. The zero-order valence-corrected chi connectivity index (χ0v) is 12.1. The number of halogens is 1. The monoisotopic (exact) mass is 294 g/mol. The van der Waals surface area contributed by atoms with E-state index in [9.17, 15) is 0 Å². The molecule has 0 spiro atoms. The van der Waals surface area contributed by atoms with Gasteiger partial charge in [-0.05, 0) is 50.4 Å². The van der Waals surface area contributed by atoms with E-state index in [1.165, 1.54) is 19.3 Å². The third kappa shape index (κ3) is 3.77. The average Bonchev–Trinajstić information content (AvgIpc) is 2.76. The Kier molecular flexibility index (Phi) is 5.49. The van der Waals surface area contributed by atoms with Crippen molar-refractivity contribution in [1.82, 2.24) is 20.4 Å². The van der Waals surface area contributed by atoms with Crippen LogP contribution in [0.2, 0.25) is 0 Å². The van der Waals surface area contributed by atoms with Gasteiger partial charge in [-0.3, -0.25) is 4.98 Å². The fourth-order valence-corrected chi connectivity index (χ4v) is 2.50. The molecule has 108 valence electrons. The summed E-state index contributed by atoms with van der Waals surface area (Å²) in [6.07, 6.45) is 8.02. The van der Waals surface area contributed by atoms with Gasteiger partial charge in [-0.25, -0.2) is 0 Å². The highest BCUT2D eigenvalue weighted by molar-refractivity contribution is 5.85. The largest absolute Gasteiger partial charge is 0.339 e. The third-order valence-electron chi connectivity index (χ3n) is 3.57. The summed E-state index contributed by atoms with van der Waals surface area (Å²) in [5.74, 6) is 2.06. The lowest BCUT2D eigenvalue weighted by molar-refractivity contribution is 0.341. The highest BCUT2D eigenvalue weighted by Gasteiger charge is 2.16. The summed E-state index contributed by atoms with van der Waals surface area (Å²) in [5.41, 5.74) is 0.951. The third-order valence-corrected chi connectivity index (χ3v) is 3.57. The zero-order valence-electron chi connectivity index (χ0n) is 11.3. The Hall–Kier alpha value is -1.46. The van der Waals surface area contributed by atoms with Gasteiger partial charge in [-0.15, -0.1) is 12.4 Å². The van der Waals surface area contributed by atoms with Crippen LogP contribution in [0.4, 0.5) is 0 Å². The van der Waals surface area contributed by atoms with E-state index in [4.69, 9.17) is 4.52 Å². The fraction of sp³-hybridized carbons (Fsp3) is 0.500. The van der Waals surface area contributed by atoms with E-state index < -0.39 is 0 Å². The van der Waals surface area contributed by atoms with Crippen molar-refractivity contribution in [1.29, 1.82) is 0 Å². The number of aromatic nitrogens is 3. The first-order chi connectivity index (χ1) is 9.42. The normalized spacial score (nSPS) is 19.1. The minimum absolute atomic E-state index is 0. The highest BCUT2D eigenvalue weighted by atomic mass is 35.5. The minimum Gasteiger partial charge on any atom is -0.339 e. The molecule has 2 aromatic rings. The summed E-state index contributed by atoms with van der Waals surface area (Å²) >= 11 is 0. The quantitative estimate of drug-likeness (QED) is 0.942. The molecule has 20 heavy (non-hydrogen) atoms. The number of nitrogens with one attached hydrogen (secondary N) is 1. The van der Waals surface area contributed by atoms with Crippen molar-refractivity contribution < 1.29 is 4.52 Å². The lowest BCUT2D eigenvalue weighted by Crippen LogP contribution is -2.14. The lowest BCUT2D eigenvalue weighted by atomic mass is 9.97. The molecule has 0 aromatic carbocycles. The molecule has 1 saturated heterocycles. The van der Waals surface area contributed by atoms with Gasteiger partial charge in [-0.2, -0.15) is 4.98 Å². The molecule has 2 aromatic heterocycles. The smallest absolute Gasteiger partial charge is 0.227 e. The molecule has 0 bridgehead atoms. The topological polar surface area (TPSA) is 63.8 Å². The standard InChI is InChI=1S/C14H18N4O.ClH/c1-2-11(3-7-15-6-1)10-13-17-14(18-19-13)12-4-8-16-9-5-12;/h4-5,8-9,11,15H,1-3,6-7,10H2;1H. The van der Waals surface area contributed by atoms with E-state index in [2.05, 4.69) is 20.4 Å². The Bertz CT molecular complexity index is 509. The number of rotatable bonds is 3. The van der Waals surface area contributed by atoms with Gasteiger partial charge in [0, 0.05) is 24.4 Å². The molecule has 0 saturated carbocycles. The summed E-state index contributed by atoms with van der Waals surface area (Å²) in [6.45, 7) is 2.22. The second kappa shape index (κ2) is 7.36. The second-order valence-electron chi connectivity index (χ2n) is 5.00. The predicted molar refractivity (Wildman–Crippen MR) is 78.7 cm³/mol. The molecular formula is C14H19ClN4O. The first kappa shape index (κ1) is 14.9. The molecular weight excluding hydrogens is 276 g/mol. The first-order valence-electron chi connectivity index (χ1n) is 6.85. The lowest BCUT2D eigenvalue weighted by Gasteiger charge is -2.09. The molecule has 3 rings (SSSR count). The molecule has 0 amide bonds. The van der Waals surface area contributed by atoms with Crippen molar-refractivity contribution in [3.05, 3.63) is 30.4 Å². The predicted octanol–water partition coefficient (Wildman–Crippen LogP) is 2.49. The fourth-order valence-electron chi connectivity index (χ4n) is 2.50. The van der Waals surface area contributed by atoms with Crippen molar-refractivity contribution in [3.63, 3.8) is 0 Å². The van der Waals surface area contributed by atoms with Crippen molar-refractivity contribution in [2.45, 2.75) is 25.7 Å². The molecule has 6 heteroatoms. The number of pyridine rings is 1. The number of hydrogen-bond donors (Lipinski definition) is 1. The molecule has 1 fully saturated rings. The Morgan fingerprint density at radius 2 is 2.05 bits per heavy atom. The molecule has 1 aliphatic rings. The van der Waals surface area contributed by atoms with Crippen molar-refractivity contribution >= 4 is 12.4 Å². The SMILES string of the molecule is Cl.c1cc(-c2noc(CC3CCCNCC3)n2)ccn1. The maximum absolute atomic E-state index is 5.36. The van der Waals surface area contributed by atoms with E-state index in [1.54, 1.807) is 12.4 Å². The molecule has 5 nitrogen and oxygen atoms in total. The molecule has 3 heterocycles. The zero-order chi connectivity index (χ0) is 12.9. The van der Waals surface area contributed by atoms with Gasteiger partial charge in [0.15, 0.2) is 0 Å². The Labute approximate surface area is 124 Å². The van der Waals surface area contributed by atoms with E-state index in [1.807, 2.05) is 12.1 Å². The van der Waals surface area contributed by atoms with Gasteiger partial charge in [0.1, 0.15) is 0 Å². The maximum atomic E-state index is 5.36. The van der Waals surface area contributed by atoms with Gasteiger partial charge in [0.05, 0.1) is 0 Å². The molecule has 1 aliphatic heterocycles. The summed E-state index contributed by atoms with van der Waals surface area (Å²) in [6, 6.07) is 3.79. The molecule has 0 radical (unpaired) electrons. The molecule has 1 atom stereocenters. The van der Waals surface area contributed by atoms with Crippen LogP contribution in [-0.2, 0) is 6.42 Å². The van der Waals surface area contributed by atoms with Crippen LogP contribution in [0.5, 0.6) is 0 Å². The van der Waals surface area contributed by atoms with Crippen molar-refractivity contribution in [2.24, 2.45) is 5.92 Å². The molecule has 1 N–H and O–H groups in total. The maximum Gasteiger partial charge on any atom is 0.227 e. The van der Waals surface area contributed by atoms with Crippen LogP contribution < -0.4 is 5.32 Å². The van der Waals surface area contributed by atoms with Crippen LogP contribution in [-0.4, -0.2) is 28.2 Å². The number of nitrogens with zero attached hydrogens (tertiary/aromatic N) is 3. The first-order valence-corrected chi connectivity index (χ1v) is 6.85. The van der Waals surface area contributed by atoms with Crippen LogP contribution >= 0.6 is 12.4 Å². The van der Waals surface area contributed by atoms with Gasteiger partial charge >= 0.3 is 0 Å². The summed E-state index contributed by atoms with van der Waals surface area (Å²) in [5, 5.41) is 7.47. The average molecular weight is 295 g/mol.